The summed E-state index contributed by atoms with van der Waals surface area (Å²) < 4.78 is 0. The number of hydrogen-bond donors (Lipinski definition) is 0. The van der Waals surface area contributed by atoms with Crippen molar-refractivity contribution in [3.63, 3.8) is 0 Å². The molecule has 2 aliphatic rings. The van der Waals surface area contributed by atoms with Crippen LogP contribution in [0.2, 0.25) is 0 Å². The van der Waals surface area contributed by atoms with E-state index in [0.717, 1.165) is 11.1 Å². The van der Waals surface area contributed by atoms with E-state index in [2.05, 4.69) is 18.2 Å². The maximum absolute atomic E-state index is 10.5. The van der Waals surface area contributed by atoms with Gasteiger partial charge in [-0.25, -0.2) is 4.79 Å². The number of allylic oxidation sites excluding steroid dienone is 5. The molecule has 0 spiro atoms. The summed E-state index contributed by atoms with van der Waals surface area (Å²) in [6, 6.07) is 8.10. The summed E-state index contributed by atoms with van der Waals surface area (Å²) in [5.41, 5.74) is 5.09. The molecular formula is C13H6O. The second-order valence-electron chi connectivity index (χ2n) is 3.35. The highest BCUT2D eigenvalue weighted by Crippen LogP contribution is 2.47. The molecule has 3 rings (SSSR count). The van der Waals surface area contributed by atoms with Gasteiger partial charge in [0.15, 0.2) is 0 Å². The zero-order valence-electron chi connectivity index (χ0n) is 7.42. The summed E-state index contributed by atoms with van der Waals surface area (Å²) in [5, 5.41) is 0. The smallest absolute Gasteiger partial charge is 0.128 e. The standard InChI is InChI=1S/C13H6O/c14-8-9-5-6-12-10-3-1-2-4-11(10)13(12)7-9/h1-4H,5H2. The Morgan fingerprint density at radius 1 is 1.14 bits per heavy atom. The second kappa shape index (κ2) is 2.57. The molecule has 0 fully saturated rings. The molecule has 0 N–H and O–H groups in total. The van der Waals surface area contributed by atoms with E-state index in [0.29, 0.717) is 12.0 Å². The van der Waals surface area contributed by atoms with Gasteiger partial charge in [0.1, 0.15) is 5.94 Å². The number of carbonyl (C=O) groups excluding carboxylic acids is 1. The normalized spacial score (nSPS) is 17.0. The third-order valence-corrected chi connectivity index (χ3v) is 2.56. The monoisotopic (exact) mass is 178 g/mol. The molecule has 1 heteroatoms. The van der Waals surface area contributed by atoms with Gasteiger partial charge < -0.3 is 0 Å². The number of rotatable bonds is 0. The lowest BCUT2D eigenvalue weighted by molar-refractivity contribution is 0.567. The van der Waals surface area contributed by atoms with E-state index in [4.69, 9.17) is 0 Å². The van der Waals surface area contributed by atoms with E-state index in [9.17, 15) is 4.79 Å². The number of fused-ring (bicyclic) bond motifs is 4. The maximum Gasteiger partial charge on any atom is 0.128 e. The van der Waals surface area contributed by atoms with Crippen LogP contribution >= 0.6 is 0 Å². The van der Waals surface area contributed by atoms with Crippen LogP contribution in [-0.2, 0) is 4.79 Å². The zero-order valence-corrected chi connectivity index (χ0v) is 7.42. The molecule has 0 aromatic heterocycles. The van der Waals surface area contributed by atoms with E-state index in [-0.39, 0.29) is 0 Å². The molecule has 0 heterocycles. The van der Waals surface area contributed by atoms with Gasteiger partial charge in [-0.2, -0.15) is 0 Å². The van der Waals surface area contributed by atoms with Gasteiger partial charge in [-0.15, -0.1) is 0 Å². The third kappa shape index (κ3) is 0.822. The first kappa shape index (κ1) is 7.54. The lowest BCUT2D eigenvalue weighted by Crippen LogP contribution is -2.09. The molecule has 2 aliphatic carbocycles. The molecule has 0 amide bonds. The van der Waals surface area contributed by atoms with Crippen molar-refractivity contribution in [2.45, 2.75) is 6.42 Å². The summed E-state index contributed by atoms with van der Waals surface area (Å²) in [5.74, 6) is 1.88. The summed E-state index contributed by atoms with van der Waals surface area (Å²) in [6.45, 7) is 0. The van der Waals surface area contributed by atoms with E-state index in [1.54, 1.807) is 0 Å². The number of benzene rings is 1. The van der Waals surface area contributed by atoms with Gasteiger partial charge in [0.05, 0.1) is 0 Å². The molecule has 0 saturated carbocycles. The largest absolute Gasteiger partial charge is 0.233 e. The van der Waals surface area contributed by atoms with Gasteiger partial charge in [-0.1, -0.05) is 24.3 Å². The molecule has 0 atom stereocenters. The predicted molar refractivity (Wildman–Crippen MR) is 53.6 cm³/mol. The SMILES string of the molecule is O=C=C1[C]=C2C(=[C]C1)c1ccccc12. The molecule has 1 nitrogen and oxygen atoms in total. The fourth-order valence-corrected chi connectivity index (χ4v) is 1.87. The summed E-state index contributed by atoms with van der Waals surface area (Å²) in [6.07, 6.45) is 6.80. The minimum absolute atomic E-state index is 0.538. The van der Waals surface area contributed by atoms with Crippen molar-refractivity contribution in [3.05, 3.63) is 53.1 Å². The second-order valence-corrected chi connectivity index (χ2v) is 3.35. The van der Waals surface area contributed by atoms with Crippen LogP contribution in [0, 0.1) is 12.2 Å². The van der Waals surface area contributed by atoms with Crippen LogP contribution in [-0.4, -0.2) is 5.94 Å². The van der Waals surface area contributed by atoms with Crippen molar-refractivity contribution in [1.29, 1.82) is 0 Å². The molecule has 1 aromatic rings. The van der Waals surface area contributed by atoms with Gasteiger partial charge in [0.25, 0.3) is 0 Å². The van der Waals surface area contributed by atoms with Gasteiger partial charge >= 0.3 is 0 Å². The van der Waals surface area contributed by atoms with E-state index >= 15 is 0 Å². The molecule has 0 saturated heterocycles. The lowest BCUT2D eigenvalue weighted by atomic mass is 9.74. The van der Waals surface area contributed by atoms with Gasteiger partial charge in [0, 0.05) is 18.1 Å². The number of hydrogen-bond acceptors (Lipinski definition) is 1. The topological polar surface area (TPSA) is 17.1 Å². The molecule has 1 aromatic carbocycles. The fraction of sp³-hybridized carbons (Fsp3) is 0.0769. The van der Waals surface area contributed by atoms with Crippen LogP contribution < -0.4 is 0 Å². The van der Waals surface area contributed by atoms with Crippen LogP contribution in [0.25, 0.3) is 11.1 Å². The summed E-state index contributed by atoms with van der Waals surface area (Å²) in [4.78, 5) is 10.5. The van der Waals surface area contributed by atoms with Crippen LogP contribution in [0.4, 0.5) is 0 Å². The van der Waals surface area contributed by atoms with Crippen LogP contribution in [0.3, 0.4) is 0 Å². The third-order valence-electron chi connectivity index (χ3n) is 2.56. The first-order chi connectivity index (χ1) is 6.90. The van der Waals surface area contributed by atoms with Crippen LogP contribution in [0.1, 0.15) is 17.5 Å². The molecule has 0 aliphatic heterocycles. The fourth-order valence-electron chi connectivity index (χ4n) is 1.87. The maximum atomic E-state index is 10.5. The van der Waals surface area contributed by atoms with Crippen molar-refractivity contribution in [2.24, 2.45) is 0 Å². The highest BCUT2D eigenvalue weighted by atomic mass is 16.1. The summed E-state index contributed by atoms with van der Waals surface area (Å²) in [7, 11) is 0. The quantitative estimate of drug-likeness (QED) is 0.557. The van der Waals surface area contributed by atoms with Gasteiger partial charge in [-0.3, -0.25) is 0 Å². The molecule has 0 bridgehead atoms. The van der Waals surface area contributed by atoms with E-state index in [1.165, 1.54) is 11.1 Å². The minimum atomic E-state index is 0.538. The Kier molecular flexibility index (Phi) is 1.38. The minimum Gasteiger partial charge on any atom is -0.233 e. The average molecular weight is 178 g/mol. The van der Waals surface area contributed by atoms with Crippen LogP contribution in [0.5, 0.6) is 0 Å². The van der Waals surface area contributed by atoms with Crippen molar-refractivity contribution in [2.75, 3.05) is 0 Å². The Balaban J connectivity index is 2.23. The van der Waals surface area contributed by atoms with Crippen molar-refractivity contribution >= 4 is 17.1 Å². The van der Waals surface area contributed by atoms with Crippen LogP contribution in [0.15, 0.2) is 29.8 Å². The first-order valence-electron chi connectivity index (χ1n) is 4.49. The Hall–Kier alpha value is -1.85. The first-order valence-corrected chi connectivity index (χ1v) is 4.49. The molecule has 14 heavy (non-hydrogen) atoms. The molecule has 64 valence electrons. The van der Waals surface area contributed by atoms with Gasteiger partial charge in [-0.05, 0) is 28.3 Å². The Morgan fingerprint density at radius 3 is 2.57 bits per heavy atom. The Morgan fingerprint density at radius 2 is 1.86 bits per heavy atom. The predicted octanol–water partition coefficient (Wildman–Crippen LogP) is 2.24. The Bertz CT molecular complexity index is 526. The summed E-state index contributed by atoms with van der Waals surface area (Å²) >= 11 is 0. The van der Waals surface area contributed by atoms with Crippen molar-refractivity contribution < 1.29 is 4.79 Å². The molecular weight excluding hydrogens is 172 g/mol. The molecule has 0 unspecified atom stereocenters. The lowest BCUT2D eigenvalue weighted by Gasteiger charge is -2.28. The van der Waals surface area contributed by atoms with Crippen molar-refractivity contribution in [1.82, 2.24) is 0 Å². The average Bonchev–Trinajstić information content (AvgIpc) is 2.25. The zero-order chi connectivity index (χ0) is 9.54. The highest BCUT2D eigenvalue weighted by molar-refractivity contribution is 6.16. The van der Waals surface area contributed by atoms with Crippen molar-refractivity contribution in [3.8, 4) is 0 Å². The highest BCUT2D eigenvalue weighted by Gasteiger charge is 2.27. The van der Waals surface area contributed by atoms with E-state index < -0.39 is 0 Å². The van der Waals surface area contributed by atoms with Gasteiger partial charge in [0.2, 0.25) is 0 Å². The molecule has 2 radical (unpaired) electrons. The van der Waals surface area contributed by atoms with E-state index in [1.807, 2.05) is 24.1 Å². The Labute approximate surface area is 82.1 Å².